The van der Waals surface area contributed by atoms with Crippen molar-refractivity contribution in [2.24, 2.45) is 4.99 Å². The van der Waals surface area contributed by atoms with Crippen LogP contribution in [0.2, 0.25) is 0 Å². The number of rotatable bonds is 2. The number of carbonyl (C=O) groups is 1. The van der Waals surface area contributed by atoms with E-state index in [9.17, 15) is 13.2 Å². The minimum Gasteiger partial charge on any atom is -0.292 e. The maximum absolute atomic E-state index is 12.9. The van der Waals surface area contributed by atoms with Crippen molar-refractivity contribution in [2.75, 3.05) is 7.05 Å². The lowest BCUT2D eigenvalue weighted by Gasteiger charge is -2.39. The van der Waals surface area contributed by atoms with Gasteiger partial charge in [0.05, 0.1) is 0 Å². The second kappa shape index (κ2) is 6.75. The first-order valence-electron chi connectivity index (χ1n) is 7.72. The fourth-order valence-corrected chi connectivity index (χ4v) is 5.68. The van der Waals surface area contributed by atoms with Crippen LogP contribution >= 0.6 is 27.3 Å². The lowest BCUT2D eigenvalue weighted by Crippen LogP contribution is -2.57. The van der Waals surface area contributed by atoms with Gasteiger partial charge in [-0.05, 0) is 41.9 Å². The number of carbonyl (C=O) groups excluding carboxylic acids is 1. The second-order valence-corrected chi connectivity index (χ2v) is 9.99. The van der Waals surface area contributed by atoms with E-state index in [0.717, 1.165) is 4.31 Å². The molecule has 1 aliphatic heterocycles. The van der Waals surface area contributed by atoms with Crippen LogP contribution in [0.3, 0.4) is 0 Å². The smallest absolute Gasteiger partial charge is 0.257 e. The molecule has 2 aromatic rings. The molecular weight excluding hydrogens is 440 g/mol. The molecule has 0 saturated carbocycles. The lowest BCUT2D eigenvalue weighted by atomic mass is 10.0. The van der Waals surface area contributed by atoms with Crippen molar-refractivity contribution in [3.63, 3.8) is 0 Å². The number of guanidine groups is 1. The normalized spacial score (nSPS) is 24.8. The van der Waals surface area contributed by atoms with Crippen molar-refractivity contribution in [3.05, 3.63) is 50.9 Å². The molecule has 7 nitrogen and oxygen atoms in total. The highest BCUT2D eigenvalue weighted by Gasteiger charge is 2.50. The highest BCUT2D eigenvalue weighted by atomic mass is 79.9. The third-order valence-corrected chi connectivity index (χ3v) is 8.49. The number of nitrogens with zero attached hydrogens (tertiary/aromatic N) is 3. The summed E-state index contributed by atoms with van der Waals surface area (Å²) < 4.78 is 27.4. The van der Waals surface area contributed by atoms with Crippen LogP contribution in [-0.4, -0.2) is 41.9 Å². The SMILES string of the molecule is CC1C(C)(c2nc(Br)cs2)N=C(NC(=O)c2ccccc2)N(C)S1(=O)=O. The van der Waals surface area contributed by atoms with E-state index in [1.54, 1.807) is 49.6 Å². The molecule has 1 aromatic carbocycles. The third-order valence-electron chi connectivity index (χ3n) is 4.43. The average Bonchev–Trinajstić information content (AvgIpc) is 3.06. The van der Waals surface area contributed by atoms with Gasteiger partial charge in [-0.1, -0.05) is 18.2 Å². The minimum absolute atomic E-state index is 0.0224. The van der Waals surface area contributed by atoms with Crippen LogP contribution in [0.15, 0.2) is 45.3 Å². The Morgan fingerprint density at radius 2 is 2.00 bits per heavy atom. The summed E-state index contributed by atoms with van der Waals surface area (Å²) in [5, 5.41) is 4.11. The predicted octanol–water partition coefficient (Wildman–Crippen LogP) is 2.57. The summed E-state index contributed by atoms with van der Waals surface area (Å²) in [6.45, 7) is 3.31. The Morgan fingerprint density at radius 3 is 2.58 bits per heavy atom. The van der Waals surface area contributed by atoms with Gasteiger partial charge in [0.2, 0.25) is 16.0 Å². The van der Waals surface area contributed by atoms with E-state index in [1.807, 2.05) is 0 Å². The van der Waals surface area contributed by atoms with Crippen molar-refractivity contribution < 1.29 is 13.2 Å². The Balaban J connectivity index is 2.05. The number of benzene rings is 1. The first kappa shape index (κ1) is 19.0. The summed E-state index contributed by atoms with van der Waals surface area (Å²) in [5.41, 5.74) is -0.695. The Hall–Kier alpha value is -1.78. The van der Waals surface area contributed by atoms with Crippen LogP contribution in [0.25, 0.3) is 0 Å². The Bertz CT molecular complexity index is 974. The Kier molecular flexibility index (Phi) is 4.93. The third kappa shape index (κ3) is 3.17. The van der Waals surface area contributed by atoms with Gasteiger partial charge in [0.25, 0.3) is 5.91 Å². The van der Waals surface area contributed by atoms with Crippen molar-refractivity contribution in [1.29, 1.82) is 0 Å². The predicted molar refractivity (Wildman–Crippen MR) is 105 cm³/mol. The molecule has 0 aliphatic carbocycles. The van der Waals surface area contributed by atoms with E-state index in [0.29, 0.717) is 15.2 Å². The molecule has 1 amide bonds. The standard InChI is InChI=1S/C16H17BrN4O3S2/c1-10-16(2,14-18-12(17)9-25-14)20-15(21(3)26(10,23)24)19-13(22)11-7-5-4-6-8-11/h4-10H,1-3H3,(H,19,20,22). The number of hydrogen-bond acceptors (Lipinski definition) is 6. The van der Waals surface area contributed by atoms with Crippen LogP contribution in [0.5, 0.6) is 0 Å². The van der Waals surface area contributed by atoms with E-state index < -0.39 is 26.7 Å². The molecule has 0 spiro atoms. The molecule has 0 fully saturated rings. The fourth-order valence-electron chi connectivity index (χ4n) is 2.61. The van der Waals surface area contributed by atoms with Crippen molar-refractivity contribution in [1.82, 2.24) is 14.6 Å². The van der Waals surface area contributed by atoms with Crippen LogP contribution in [0, 0.1) is 0 Å². The number of hydrogen-bond donors (Lipinski definition) is 1. The molecule has 1 aromatic heterocycles. The molecule has 138 valence electrons. The summed E-state index contributed by atoms with van der Waals surface area (Å²) in [6.07, 6.45) is 0. The molecule has 0 saturated heterocycles. The molecule has 2 heterocycles. The summed E-state index contributed by atoms with van der Waals surface area (Å²) in [7, 11) is -2.34. The van der Waals surface area contributed by atoms with E-state index in [1.165, 1.54) is 18.4 Å². The van der Waals surface area contributed by atoms with Crippen molar-refractivity contribution >= 4 is 49.2 Å². The number of aromatic nitrogens is 1. The van der Waals surface area contributed by atoms with Crippen molar-refractivity contribution in [3.8, 4) is 0 Å². The van der Waals surface area contributed by atoms with Crippen LogP contribution in [0.1, 0.15) is 29.2 Å². The van der Waals surface area contributed by atoms with Gasteiger partial charge in [-0.3, -0.25) is 10.1 Å². The fraction of sp³-hybridized carbons (Fsp3) is 0.312. The number of aliphatic imine (C=N–C) groups is 1. The summed E-state index contributed by atoms with van der Waals surface area (Å²) >= 11 is 4.61. The van der Waals surface area contributed by atoms with E-state index >= 15 is 0 Å². The average molecular weight is 457 g/mol. The van der Waals surface area contributed by atoms with Gasteiger partial charge in [0, 0.05) is 18.0 Å². The number of halogens is 1. The van der Waals surface area contributed by atoms with Gasteiger partial charge in [0.1, 0.15) is 20.4 Å². The highest BCUT2D eigenvalue weighted by Crippen LogP contribution is 2.39. The van der Waals surface area contributed by atoms with Crippen LogP contribution in [-0.2, 0) is 15.6 Å². The maximum Gasteiger partial charge on any atom is 0.257 e. The summed E-state index contributed by atoms with van der Waals surface area (Å²) in [5.74, 6) is -0.450. The first-order valence-corrected chi connectivity index (χ1v) is 10.9. The molecule has 10 heteroatoms. The number of thiazole rings is 1. The molecule has 2 unspecified atom stereocenters. The number of amides is 1. The summed E-state index contributed by atoms with van der Waals surface area (Å²) in [4.78, 5) is 21.4. The van der Waals surface area contributed by atoms with Crippen LogP contribution < -0.4 is 5.32 Å². The molecule has 26 heavy (non-hydrogen) atoms. The van der Waals surface area contributed by atoms with Crippen LogP contribution in [0.4, 0.5) is 0 Å². The van der Waals surface area contributed by atoms with E-state index in [-0.39, 0.29) is 5.96 Å². The topological polar surface area (TPSA) is 91.7 Å². The molecule has 1 N–H and O–H groups in total. The lowest BCUT2D eigenvalue weighted by molar-refractivity contribution is 0.0974. The van der Waals surface area contributed by atoms with Gasteiger partial charge in [0.15, 0.2) is 0 Å². The van der Waals surface area contributed by atoms with Gasteiger partial charge >= 0.3 is 0 Å². The Morgan fingerprint density at radius 1 is 1.35 bits per heavy atom. The molecule has 0 bridgehead atoms. The second-order valence-electron chi connectivity index (χ2n) is 6.03. The molecule has 2 atom stereocenters. The zero-order valence-electron chi connectivity index (χ0n) is 14.3. The van der Waals surface area contributed by atoms with Crippen molar-refractivity contribution in [2.45, 2.75) is 24.6 Å². The maximum atomic E-state index is 12.9. The quantitative estimate of drug-likeness (QED) is 0.751. The largest absolute Gasteiger partial charge is 0.292 e. The van der Waals surface area contributed by atoms with Gasteiger partial charge in [-0.25, -0.2) is 22.7 Å². The number of sulfonamides is 1. The summed E-state index contributed by atoms with van der Waals surface area (Å²) in [6, 6.07) is 8.55. The van der Waals surface area contributed by atoms with E-state index in [4.69, 9.17) is 0 Å². The molecular formula is C16H17BrN4O3S2. The van der Waals surface area contributed by atoms with Gasteiger partial charge < -0.3 is 0 Å². The van der Waals surface area contributed by atoms with E-state index in [2.05, 4.69) is 31.2 Å². The molecule has 3 rings (SSSR count). The monoisotopic (exact) mass is 456 g/mol. The minimum atomic E-state index is -3.72. The van der Waals surface area contributed by atoms with Gasteiger partial charge in [-0.15, -0.1) is 11.3 Å². The first-order chi connectivity index (χ1) is 12.2. The highest BCUT2D eigenvalue weighted by molar-refractivity contribution is 9.10. The molecule has 1 aliphatic rings. The zero-order chi connectivity index (χ0) is 19.1. The zero-order valence-corrected chi connectivity index (χ0v) is 17.5. The number of nitrogens with one attached hydrogen (secondary N) is 1. The van der Waals surface area contributed by atoms with Gasteiger partial charge in [-0.2, -0.15) is 0 Å². The molecule has 0 radical (unpaired) electrons. The Labute approximate surface area is 164 Å².